The molecule has 1 atom stereocenters. The number of halogens is 2. The maximum Gasteiger partial charge on any atom is 0.251 e. The molecule has 1 N–H and O–H groups in total. The first-order chi connectivity index (χ1) is 11.0. The number of carbonyl (C=O) groups is 1. The van der Waals surface area contributed by atoms with Gasteiger partial charge in [-0.25, -0.2) is 4.39 Å². The maximum absolute atomic E-state index is 12.9. The van der Waals surface area contributed by atoms with Gasteiger partial charge in [0.25, 0.3) is 5.91 Å². The minimum absolute atomic E-state index is 0.282. The monoisotopic (exact) mass is 337 g/mol. The lowest BCUT2D eigenvalue weighted by Gasteiger charge is -2.16. The van der Waals surface area contributed by atoms with Gasteiger partial charge in [0.05, 0.1) is 25.3 Å². The van der Waals surface area contributed by atoms with Crippen LogP contribution < -0.4 is 14.8 Å². The largest absolute Gasteiger partial charge is 0.493 e. The van der Waals surface area contributed by atoms with E-state index < -0.39 is 0 Å². The number of ether oxygens (including phenoxy) is 2. The normalized spacial score (nSPS) is 11.7. The van der Waals surface area contributed by atoms with E-state index in [4.69, 9.17) is 21.1 Å². The summed E-state index contributed by atoms with van der Waals surface area (Å²) in [4.78, 5) is 12.4. The summed E-state index contributed by atoms with van der Waals surface area (Å²) in [5.41, 5.74) is 1.15. The summed E-state index contributed by atoms with van der Waals surface area (Å²) >= 11 is 6.10. The smallest absolute Gasteiger partial charge is 0.251 e. The SMILES string of the molecule is COc1cc(C(=O)N[C@H](C)c2ccc(F)cc2)cc(Cl)c1OC. The van der Waals surface area contributed by atoms with Gasteiger partial charge in [-0.2, -0.15) is 0 Å². The van der Waals surface area contributed by atoms with Crippen LogP contribution in [0.5, 0.6) is 11.5 Å². The lowest BCUT2D eigenvalue weighted by molar-refractivity contribution is 0.0939. The molecule has 0 aliphatic heterocycles. The topological polar surface area (TPSA) is 47.6 Å². The minimum Gasteiger partial charge on any atom is -0.493 e. The first-order valence-corrected chi connectivity index (χ1v) is 7.32. The second-order valence-corrected chi connectivity index (χ2v) is 5.35. The van der Waals surface area contributed by atoms with E-state index >= 15 is 0 Å². The second kappa shape index (κ2) is 7.33. The molecule has 2 aromatic carbocycles. The Labute approximate surface area is 139 Å². The molecule has 6 heteroatoms. The predicted molar refractivity (Wildman–Crippen MR) is 86.8 cm³/mol. The Kier molecular flexibility index (Phi) is 5.45. The molecule has 0 radical (unpaired) electrons. The molecular formula is C17H17ClFNO3. The van der Waals surface area contributed by atoms with Crippen LogP contribution in [0, 0.1) is 5.82 Å². The van der Waals surface area contributed by atoms with Gasteiger partial charge < -0.3 is 14.8 Å². The molecule has 23 heavy (non-hydrogen) atoms. The molecule has 1 amide bonds. The predicted octanol–water partition coefficient (Wildman–Crippen LogP) is 3.99. The van der Waals surface area contributed by atoms with Crippen molar-refractivity contribution >= 4 is 17.5 Å². The molecule has 122 valence electrons. The molecule has 0 bridgehead atoms. The Balaban J connectivity index is 2.20. The third kappa shape index (κ3) is 3.93. The van der Waals surface area contributed by atoms with Crippen LogP contribution in [0.15, 0.2) is 36.4 Å². The van der Waals surface area contributed by atoms with Gasteiger partial charge in [0.2, 0.25) is 0 Å². The molecule has 0 spiro atoms. The van der Waals surface area contributed by atoms with Gasteiger partial charge in [-0.3, -0.25) is 4.79 Å². The molecule has 4 nitrogen and oxygen atoms in total. The van der Waals surface area contributed by atoms with Gasteiger partial charge >= 0.3 is 0 Å². The zero-order valence-electron chi connectivity index (χ0n) is 13.0. The molecule has 0 heterocycles. The fraction of sp³-hybridized carbons (Fsp3) is 0.235. The quantitative estimate of drug-likeness (QED) is 0.897. The highest BCUT2D eigenvalue weighted by Crippen LogP contribution is 2.36. The van der Waals surface area contributed by atoms with Gasteiger partial charge in [0.15, 0.2) is 11.5 Å². The Hall–Kier alpha value is -2.27. The molecule has 0 saturated heterocycles. The van der Waals surface area contributed by atoms with E-state index in [1.165, 1.54) is 32.4 Å². The van der Waals surface area contributed by atoms with Crippen LogP contribution in [0.2, 0.25) is 5.02 Å². The molecule has 0 aliphatic rings. The van der Waals surface area contributed by atoms with Crippen molar-refractivity contribution in [3.8, 4) is 11.5 Å². The van der Waals surface area contributed by atoms with Crippen molar-refractivity contribution in [2.75, 3.05) is 14.2 Å². The lowest BCUT2D eigenvalue weighted by Crippen LogP contribution is -2.26. The summed E-state index contributed by atoms with van der Waals surface area (Å²) < 4.78 is 23.3. The van der Waals surface area contributed by atoms with Gasteiger partial charge in [-0.15, -0.1) is 0 Å². The van der Waals surface area contributed by atoms with Crippen molar-refractivity contribution < 1.29 is 18.7 Å². The number of hydrogen-bond acceptors (Lipinski definition) is 3. The van der Waals surface area contributed by atoms with Crippen molar-refractivity contribution in [2.24, 2.45) is 0 Å². The summed E-state index contributed by atoms with van der Waals surface area (Å²) in [6.07, 6.45) is 0. The molecule has 0 unspecified atom stereocenters. The van der Waals surface area contributed by atoms with Crippen LogP contribution in [0.1, 0.15) is 28.9 Å². The van der Waals surface area contributed by atoms with Crippen molar-refractivity contribution in [3.05, 3.63) is 58.4 Å². The molecule has 0 saturated carbocycles. The van der Waals surface area contributed by atoms with Crippen molar-refractivity contribution in [1.82, 2.24) is 5.32 Å². The zero-order chi connectivity index (χ0) is 17.0. The standard InChI is InChI=1S/C17H17ClFNO3/c1-10(11-4-6-13(19)7-5-11)20-17(21)12-8-14(18)16(23-3)15(9-12)22-2/h4-10H,1-3H3,(H,20,21)/t10-/m1/s1. The Morgan fingerprint density at radius 3 is 2.39 bits per heavy atom. The van der Waals surface area contributed by atoms with E-state index in [-0.39, 0.29) is 22.8 Å². The average molecular weight is 338 g/mol. The number of carbonyl (C=O) groups excluding carboxylic acids is 1. The molecule has 0 aromatic heterocycles. The molecule has 0 aliphatic carbocycles. The Bertz CT molecular complexity index is 704. The Morgan fingerprint density at radius 2 is 1.83 bits per heavy atom. The van der Waals surface area contributed by atoms with Crippen LogP contribution in [-0.2, 0) is 0 Å². The van der Waals surface area contributed by atoms with Gasteiger partial charge in [-0.05, 0) is 36.8 Å². The molecular weight excluding hydrogens is 321 g/mol. The van der Waals surface area contributed by atoms with Crippen molar-refractivity contribution in [2.45, 2.75) is 13.0 Å². The highest BCUT2D eigenvalue weighted by Gasteiger charge is 2.17. The third-order valence-electron chi connectivity index (χ3n) is 3.41. The highest BCUT2D eigenvalue weighted by molar-refractivity contribution is 6.32. The van der Waals surface area contributed by atoms with E-state index in [1.54, 1.807) is 18.2 Å². The zero-order valence-corrected chi connectivity index (χ0v) is 13.8. The average Bonchev–Trinajstić information content (AvgIpc) is 2.54. The van der Waals surface area contributed by atoms with Gasteiger partial charge in [0.1, 0.15) is 5.82 Å². The van der Waals surface area contributed by atoms with Crippen molar-refractivity contribution in [1.29, 1.82) is 0 Å². The van der Waals surface area contributed by atoms with Crippen LogP contribution in [0.3, 0.4) is 0 Å². The lowest BCUT2D eigenvalue weighted by atomic mass is 10.1. The maximum atomic E-state index is 12.9. The van der Waals surface area contributed by atoms with E-state index in [0.29, 0.717) is 17.1 Å². The number of hydrogen-bond donors (Lipinski definition) is 1. The minimum atomic E-state index is -0.320. The summed E-state index contributed by atoms with van der Waals surface area (Å²) in [7, 11) is 2.94. The van der Waals surface area contributed by atoms with Crippen LogP contribution >= 0.6 is 11.6 Å². The molecule has 2 rings (SSSR count). The first kappa shape index (κ1) is 17.1. The van der Waals surface area contributed by atoms with Crippen LogP contribution in [0.25, 0.3) is 0 Å². The summed E-state index contributed by atoms with van der Waals surface area (Å²) in [5, 5.41) is 3.12. The second-order valence-electron chi connectivity index (χ2n) is 4.94. The van der Waals surface area contributed by atoms with E-state index in [1.807, 2.05) is 6.92 Å². The third-order valence-corrected chi connectivity index (χ3v) is 3.69. The number of rotatable bonds is 5. The fourth-order valence-electron chi connectivity index (χ4n) is 2.16. The van der Waals surface area contributed by atoms with Crippen molar-refractivity contribution in [3.63, 3.8) is 0 Å². The van der Waals surface area contributed by atoms with E-state index in [9.17, 15) is 9.18 Å². The highest BCUT2D eigenvalue weighted by atomic mass is 35.5. The van der Waals surface area contributed by atoms with Crippen LogP contribution in [0.4, 0.5) is 4.39 Å². The first-order valence-electron chi connectivity index (χ1n) is 6.94. The number of nitrogens with one attached hydrogen (secondary N) is 1. The molecule has 0 fully saturated rings. The van der Waals surface area contributed by atoms with E-state index in [0.717, 1.165) is 5.56 Å². The van der Waals surface area contributed by atoms with Gasteiger partial charge in [-0.1, -0.05) is 23.7 Å². The summed E-state index contributed by atoms with van der Waals surface area (Å²) in [6.45, 7) is 1.81. The summed E-state index contributed by atoms with van der Waals surface area (Å²) in [6, 6.07) is 8.74. The number of amides is 1. The number of methoxy groups -OCH3 is 2. The molecule has 2 aromatic rings. The fourth-order valence-corrected chi connectivity index (χ4v) is 2.45. The summed E-state index contributed by atoms with van der Waals surface area (Å²) in [5.74, 6) is 0.112. The number of benzene rings is 2. The Morgan fingerprint density at radius 1 is 1.17 bits per heavy atom. The van der Waals surface area contributed by atoms with Gasteiger partial charge in [0, 0.05) is 5.56 Å². The van der Waals surface area contributed by atoms with Crippen LogP contribution in [-0.4, -0.2) is 20.1 Å². The van der Waals surface area contributed by atoms with E-state index in [2.05, 4.69) is 5.32 Å².